The molecule has 5 nitrogen and oxygen atoms in total. The van der Waals surface area contributed by atoms with E-state index in [1.54, 1.807) is 7.05 Å². The molecule has 1 aromatic heterocycles. The maximum Gasteiger partial charge on any atom is 0.418 e. The lowest BCUT2D eigenvalue weighted by Crippen LogP contribution is -2.28. The number of aromatic nitrogens is 1. The number of hydrogen-bond donors (Lipinski definition) is 1. The van der Waals surface area contributed by atoms with E-state index in [-0.39, 0.29) is 6.54 Å². The van der Waals surface area contributed by atoms with Gasteiger partial charge in [-0.05, 0) is 38.0 Å². The lowest BCUT2D eigenvalue weighted by Gasteiger charge is -2.22. The molecule has 0 radical (unpaired) electrons. The summed E-state index contributed by atoms with van der Waals surface area (Å²) in [7, 11) is 1.80. The normalized spacial score (nSPS) is 14.5. The van der Waals surface area contributed by atoms with Gasteiger partial charge in [0.05, 0.1) is 16.8 Å². The minimum atomic E-state index is -5.01. The number of anilines is 1. The predicted octanol–water partition coefficient (Wildman–Crippen LogP) is 5.95. The summed E-state index contributed by atoms with van der Waals surface area (Å²) in [5, 5.41) is 20.2. The van der Waals surface area contributed by atoms with Gasteiger partial charge in [0.2, 0.25) is 5.88 Å². The van der Waals surface area contributed by atoms with Crippen molar-refractivity contribution >= 4 is 11.8 Å². The van der Waals surface area contributed by atoms with E-state index in [1.807, 2.05) is 49.9 Å². The number of nitrogens with zero attached hydrogens (tertiary/aromatic N) is 3. The maximum absolute atomic E-state index is 14.0. The third kappa shape index (κ3) is 4.36. The Balaban J connectivity index is 2.26. The first-order valence-corrected chi connectivity index (χ1v) is 11.2. The van der Waals surface area contributed by atoms with Crippen LogP contribution in [-0.4, -0.2) is 16.7 Å². The number of likely N-dealkylation sites (N-methyl/N-ethyl adjacent to an activating group) is 1. The van der Waals surface area contributed by atoms with Crippen LogP contribution in [0, 0.1) is 11.3 Å². The zero-order chi connectivity index (χ0) is 25.3. The maximum atomic E-state index is 14.0. The summed E-state index contributed by atoms with van der Waals surface area (Å²) < 4.78 is 42.9. The standard InChI is InChI=1S/C26H28F3N3O2/c1-5-6-7-10-15-32-23(33)17(22(26(27,28)29)18(16-30)24(32)34)13-14-21-25(2,3)19-11-8-9-12-20(19)31(21)4/h8-9,11-13,33H,5-7,10,15H2,1-4H3. The van der Waals surface area contributed by atoms with Gasteiger partial charge in [-0.3, -0.25) is 9.36 Å². The summed E-state index contributed by atoms with van der Waals surface area (Å²) in [5.74, 6) is -0.808. The van der Waals surface area contributed by atoms with Gasteiger partial charge in [-0.15, -0.1) is 0 Å². The summed E-state index contributed by atoms with van der Waals surface area (Å²) in [5.41, 5.74) is 0.650. The number of aromatic hydroxyl groups is 1. The van der Waals surface area contributed by atoms with Crippen LogP contribution in [0.15, 0.2) is 40.5 Å². The number of halogens is 3. The van der Waals surface area contributed by atoms with Crippen molar-refractivity contribution in [3.63, 3.8) is 0 Å². The summed E-state index contributed by atoms with van der Waals surface area (Å²) >= 11 is 0. The highest BCUT2D eigenvalue weighted by Gasteiger charge is 2.41. The first kappa shape index (κ1) is 25.2. The Labute approximate surface area is 197 Å². The molecule has 1 N–H and O–H groups in total. The number of para-hydroxylation sites is 1. The predicted molar refractivity (Wildman–Crippen MR) is 126 cm³/mol. The molecule has 0 saturated heterocycles. The number of unbranched alkanes of at least 4 members (excludes halogenated alkanes) is 3. The van der Waals surface area contributed by atoms with E-state index in [9.17, 15) is 28.3 Å². The Hall–Kier alpha value is -3.43. The first-order valence-electron chi connectivity index (χ1n) is 11.2. The van der Waals surface area contributed by atoms with Crippen molar-refractivity contribution in [3.8, 4) is 11.9 Å². The zero-order valence-corrected chi connectivity index (χ0v) is 19.8. The highest BCUT2D eigenvalue weighted by atomic mass is 19.4. The smallest absolute Gasteiger partial charge is 0.418 e. The largest absolute Gasteiger partial charge is 0.494 e. The number of fused-ring (bicyclic) bond motifs is 1. The Kier molecular flexibility index (Phi) is 6.99. The first-order chi connectivity index (χ1) is 16.0. The summed E-state index contributed by atoms with van der Waals surface area (Å²) in [4.78, 5) is 14.5. The fourth-order valence-corrected chi connectivity index (χ4v) is 4.55. The second-order valence-corrected chi connectivity index (χ2v) is 8.95. The minimum Gasteiger partial charge on any atom is -0.494 e. The van der Waals surface area contributed by atoms with E-state index in [2.05, 4.69) is 5.73 Å². The van der Waals surface area contributed by atoms with Crippen LogP contribution in [0.4, 0.5) is 18.9 Å². The van der Waals surface area contributed by atoms with Gasteiger partial charge in [0, 0.05) is 24.7 Å². The Morgan fingerprint density at radius 3 is 2.44 bits per heavy atom. The molecule has 0 bridgehead atoms. The molecule has 8 heteroatoms. The van der Waals surface area contributed by atoms with Crippen LogP contribution >= 0.6 is 0 Å². The average Bonchev–Trinajstić information content (AvgIpc) is 2.97. The highest BCUT2D eigenvalue weighted by molar-refractivity contribution is 5.71. The van der Waals surface area contributed by atoms with Crippen LogP contribution in [-0.2, 0) is 18.1 Å². The van der Waals surface area contributed by atoms with Crippen LogP contribution in [0.5, 0.6) is 5.88 Å². The van der Waals surface area contributed by atoms with Gasteiger partial charge in [-0.2, -0.15) is 18.4 Å². The number of allylic oxidation sites excluding steroid dienone is 1. The molecular formula is C26H28F3N3O2. The van der Waals surface area contributed by atoms with E-state index in [0.717, 1.165) is 41.2 Å². The number of alkyl halides is 3. The molecule has 1 aromatic carbocycles. The van der Waals surface area contributed by atoms with Gasteiger partial charge < -0.3 is 10.0 Å². The molecule has 0 aliphatic carbocycles. The molecular weight excluding hydrogens is 443 g/mol. The molecule has 0 fully saturated rings. The molecule has 0 spiro atoms. The number of nitriles is 1. The van der Waals surface area contributed by atoms with Crippen molar-refractivity contribution in [1.29, 1.82) is 5.26 Å². The van der Waals surface area contributed by atoms with Gasteiger partial charge >= 0.3 is 6.18 Å². The van der Waals surface area contributed by atoms with Crippen molar-refractivity contribution in [3.05, 3.63) is 68.3 Å². The van der Waals surface area contributed by atoms with Crippen LogP contribution in [0.3, 0.4) is 0 Å². The van der Waals surface area contributed by atoms with Gasteiger partial charge in [-0.25, -0.2) is 0 Å². The molecule has 1 aliphatic heterocycles. The van der Waals surface area contributed by atoms with E-state index in [0.29, 0.717) is 12.1 Å². The number of hydrogen-bond acceptors (Lipinski definition) is 4. The molecule has 0 amide bonds. The van der Waals surface area contributed by atoms with E-state index in [1.165, 1.54) is 6.07 Å². The Morgan fingerprint density at radius 2 is 1.85 bits per heavy atom. The molecule has 180 valence electrons. The summed E-state index contributed by atoms with van der Waals surface area (Å²) in [6, 6.07) is 9.04. The van der Waals surface area contributed by atoms with Crippen molar-refractivity contribution in [2.24, 2.45) is 0 Å². The van der Waals surface area contributed by atoms with Crippen molar-refractivity contribution < 1.29 is 18.3 Å². The fourth-order valence-electron chi connectivity index (χ4n) is 4.55. The minimum absolute atomic E-state index is 0.0196. The lowest BCUT2D eigenvalue weighted by molar-refractivity contribution is -0.138. The molecule has 0 atom stereocenters. The second-order valence-electron chi connectivity index (χ2n) is 8.95. The van der Waals surface area contributed by atoms with Crippen molar-refractivity contribution in [2.75, 3.05) is 11.9 Å². The molecule has 2 heterocycles. The van der Waals surface area contributed by atoms with E-state index in [4.69, 9.17) is 0 Å². The van der Waals surface area contributed by atoms with Gasteiger partial charge in [-0.1, -0.05) is 50.1 Å². The quantitative estimate of drug-likeness (QED) is 0.418. The Morgan fingerprint density at radius 1 is 1.18 bits per heavy atom. The van der Waals surface area contributed by atoms with Crippen molar-refractivity contribution in [1.82, 2.24) is 4.57 Å². The molecule has 3 rings (SSSR count). The Bertz CT molecular complexity index is 1260. The summed E-state index contributed by atoms with van der Waals surface area (Å²) in [6.07, 6.45) is -0.904. The van der Waals surface area contributed by atoms with Gasteiger partial charge in [0.15, 0.2) is 0 Å². The zero-order valence-electron chi connectivity index (χ0n) is 19.8. The van der Waals surface area contributed by atoms with Gasteiger partial charge in [0.1, 0.15) is 11.6 Å². The van der Waals surface area contributed by atoms with Crippen LogP contribution < -0.4 is 10.5 Å². The number of benzene rings is 1. The fraction of sp³-hybridized carbons (Fsp3) is 0.423. The van der Waals surface area contributed by atoms with E-state index >= 15 is 0 Å². The third-order valence-corrected chi connectivity index (χ3v) is 6.32. The molecule has 0 saturated carbocycles. The van der Waals surface area contributed by atoms with Crippen LogP contribution in [0.2, 0.25) is 0 Å². The molecule has 2 aromatic rings. The average molecular weight is 472 g/mol. The lowest BCUT2D eigenvalue weighted by atomic mass is 9.84. The number of pyridine rings is 1. The van der Waals surface area contributed by atoms with Gasteiger partial charge in [0.25, 0.3) is 5.56 Å². The van der Waals surface area contributed by atoms with Crippen LogP contribution in [0.25, 0.3) is 6.08 Å². The second kappa shape index (κ2) is 9.44. The highest BCUT2D eigenvalue weighted by Crippen LogP contribution is 2.46. The number of rotatable bonds is 6. The third-order valence-electron chi connectivity index (χ3n) is 6.32. The topological polar surface area (TPSA) is 69.3 Å². The molecule has 1 aliphatic rings. The SMILES string of the molecule is CCCCCCn1c(O)c(C=C=C2N(C)c3ccccc3C2(C)C)c(C(F)(F)F)c(C#N)c1=O. The van der Waals surface area contributed by atoms with Crippen molar-refractivity contribution in [2.45, 2.75) is 64.6 Å². The van der Waals surface area contributed by atoms with E-state index < -0.39 is 39.7 Å². The van der Waals surface area contributed by atoms with Crippen LogP contribution in [0.1, 0.15) is 68.7 Å². The molecule has 34 heavy (non-hydrogen) atoms. The summed E-state index contributed by atoms with van der Waals surface area (Å²) in [6.45, 7) is 5.90. The molecule has 0 unspecified atom stereocenters. The monoisotopic (exact) mass is 471 g/mol.